The second kappa shape index (κ2) is 23.9. The topological polar surface area (TPSA) is 304 Å². The average Bonchev–Trinajstić information content (AvgIpc) is 3.17. The summed E-state index contributed by atoms with van der Waals surface area (Å²) in [6.07, 6.45) is -0.525. The van der Waals surface area contributed by atoms with E-state index in [0.29, 0.717) is 30.4 Å². The molecule has 4 amide bonds. The lowest BCUT2D eigenvalue weighted by atomic mass is 9.91. The maximum atomic E-state index is 13.9. The van der Waals surface area contributed by atoms with Crippen molar-refractivity contribution in [1.29, 1.82) is 5.41 Å². The number of nitrogens with one attached hydrogen (secondary N) is 4. The van der Waals surface area contributed by atoms with Crippen LogP contribution in [-0.4, -0.2) is 83.0 Å². The van der Waals surface area contributed by atoms with Crippen LogP contribution in [0.15, 0.2) is 84.1 Å². The SMILES string of the molecule is N=C(N)c1ccc(CC(C(=O)N[C@@H](CCCCNC(=O)OCc2ccccc2)C(=O)N[C@@H](CCCN=C(N)N)C(N)=O)c2cccnc2)cc1.O=C(O)C(F)(F)F. The Hall–Kier alpha value is -6.73. The Morgan fingerprint density at radius 2 is 1.46 bits per heavy atom. The number of pyridine rings is 1. The first-order valence-corrected chi connectivity index (χ1v) is 17.5. The van der Waals surface area contributed by atoms with E-state index in [1.165, 1.54) is 0 Å². The number of alkyl halides is 3. The highest BCUT2D eigenvalue weighted by Crippen LogP contribution is 2.22. The maximum absolute atomic E-state index is 13.9. The van der Waals surface area contributed by atoms with E-state index in [1.807, 2.05) is 30.3 Å². The van der Waals surface area contributed by atoms with E-state index in [9.17, 15) is 32.3 Å². The third kappa shape index (κ3) is 18.4. The highest BCUT2D eigenvalue weighted by molar-refractivity contribution is 5.95. The zero-order valence-corrected chi connectivity index (χ0v) is 30.8. The van der Waals surface area contributed by atoms with Crippen molar-refractivity contribution in [1.82, 2.24) is 20.9 Å². The number of nitrogens with two attached hydrogens (primary N) is 4. The summed E-state index contributed by atoms with van der Waals surface area (Å²) in [4.78, 5) is 68.9. The highest BCUT2D eigenvalue weighted by atomic mass is 19.4. The summed E-state index contributed by atoms with van der Waals surface area (Å²) in [5.41, 5.74) is 24.8. The number of benzene rings is 2. The number of unbranched alkanes of at least 4 members (excludes halogenated alkanes) is 1. The molecule has 308 valence electrons. The van der Waals surface area contributed by atoms with Gasteiger partial charge in [-0.25, -0.2) is 9.59 Å². The van der Waals surface area contributed by atoms with Gasteiger partial charge in [0.25, 0.3) is 0 Å². The Labute approximate surface area is 326 Å². The third-order valence-corrected chi connectivity index (χ3v) is 7.99. The van der Waals surface area contributed by atoms with E-state index in [1.54, 1.807) is 48.8 Å². The van der Waals surface area contributed by atoms with Crippen molar-refractivity contribution in [2.24, 2.45) is 27.9 Å². The van der Waals surface area contributed by atoms with Crippen LogP contribution in [0.5, 0.6) is 0 Å². The van der Waals surface area contributed by atoms with Gasteiger partial charge in [0.2, 0.25) is 17.7 Å². The van der Waals surface area contributed by atoms with Crippen molar-refractivity contribution < 1.29 is 47.0 Å². The van der Waals surface area contributed by atoms with E-state index < -0.39 is 54.0 Å². The predicted molar refractivity (Wildman–Crippen MR) is 203 cm³/mol. The van der Waals surface area contributed by atoms with Crippen molar-refractivity contribution in [3.63, 3.8) is 0 Å². The number of aromatic nitrogens is 1. The molecule has 0 saturated heterocycles. The first kappa shape index (κ1) is 46.4. The number of hydrogen-bond donors (Lipinski definition) is 9. The average molecular weight is 801 g/mol. The second-order valence-corrected chi connectivity index (χ2v) is 12.4. The van der Waals surface area contributed by atoms with Gasteiger partial charge in [-0.3, -0.25) is 29.8 Å². The molecule has 3 atom stereocenters. The Morgan fingerprint density at radius 1 is 0.825 bits per heavy atom. The minimum absolute atomic E-state index is 0.0725. The lowest BCUT2D eigenvalue weighted by Crippen LogP contribution is -2.53. The van der Waals surface area contributed by atoms with Crippen molar-refractivity contribution in [3.8, 4) is 0 Å². The van der Waals surface area contributed by atoms with Gasteiger partial charge in [0.1, 0.15) is 24.5 Å². The molecule has 3 rings (SSSR count). The van der Waals surface area contributed by atoms with Crippen molar-refractivity contribution in [3.05, 3.63) is 101 Å². The number of guanidine groups is 1. The molecule has 17 nitrogen and oxygen atoms in total. The van der Waals surface area contributed by atoms with Gasteiger partial charge >= 0.3 is 18.2 Å². The number of aliphatic imine (C=N–C) groups is 1. The van der Waals surface area contributed by atoms with Crippen LogP contribution < -0.4 is 38.9 Å². The minimum atomic E-state index is -5.08. The molecule has 0 spiro atoms. The maximum Gasteiger partial charge on any atom is 0.490 e. The third-order valence-electron chi connectivity index (χ3n) is 7.99. The predicted octanol–water partition coefficient (Wildman–Crippen LogP) is 1.93. The molecule has 2 aromatic carbocycles. The zero-order chi connectivity index (χ0) is 42.4. The fraction of sp³-hybridized carbons (Fsp3) is 0.351. The number of amidine groups is 1. The number of nitrogen functional groups attached to an aromatic ring is 1. The number of ether oxygens (including phenoxy) is 1. The number of carboxylic acid groups (broad SMARTS) is 1. The van der Waals surface area contributed by atoms with Crippen molar-refractivity contribution in [2.75, 3.05) is 13.1 Å². The molecule has 1 unspecified atom stereocenters. The van der Waals surface area contributed by atoms with Gasteiger partial charge in [-0.1, -0.05) is 60.7 Å². The van der Waals surface area contributed by atoms with Crippen LogP contribution in [0.25, 0.3) is 0 Å². The number of primary amides is 1. The molecule has 0 bridgehead atoms. The van der Waals surface area contributed by atoms with E-state index in [4.69, 9.17) is 43.0 Å². The molecule has 1 heterocycles. The van der Waals surface area contributed by atoms with Crippen LogP contribution in [-0.2, 0) is 36.9 Å². The Bertz CT molecular complexity index is 1790. The first-order valence-electron chi connectivity index (χ1n) is 17.5. The number of rotatable bonds is 20. The summed E-state index contributed by atoms with van der Waals surface area (Å²) in [5.74, 6) is -5.41. The molecule has 0 aliphatic rings. The normalized spacial score (nSPS) is 12.3. The van der Waals surface area contributed by atoms with Crippen LogP contribution in [0.3, 0.4) is 0 Å². The summed E-state index contributed by atoms with van der Waals surface area (Å²) in [6.45, 7) is 0.648. The van der Waals surface area contributed by atoms with Gasteiger partial charge in [0.15, 0.2) is 5.96 Å². The number of carbonyl (C=O) groups excluding carboxylic acids is 4. The van der Waals surface area contributed by atoms with Gasteiger partial charge < -0.3 is 48.7 Å². The Balaban J connectivity index is 0.00000146. The number of aliphatic carboxylic acids is 1. The van der Waals surface area contributed by atoms with Crippen LogP contribution in [0.1, 0.15) is 60.3 Å². The molecule has 20 heteroatoms. The molecule has 0 fully saturated rings. The summed E-state index contributed by atoms with van der Waals surface area (Å²) in [6, 6.07) is 17.7. The van der Waals surface area contributed by atoms with Crippen LogP contribution >= 0.6 is 0 Å². The number of carboxylic acids is 1. The van der Waals surface area contributed by atoms with Crippen LogP contribution in [0.4, 0.5) is 18.0 Å². The molecular weight excluding hydrogens is 753 g/mol. The molecule has 0 aliphatic heterocycles. The lowest BCUT2D eigenvalue weighted by molar-refractivity contribution is -0.192. The highest BCUT2D eigenvalue weighted by Gasteiger charge is 2.38. The van der Waals surface area contributed by atoms with Gasteiger partial charge in [-0.05, 0) is 61.3 Å². The van der Waals surface area contributed by atoms with Crippen LogP contribution in [0.2, 0.25) is 0 Å². The molecule has 13 N–H and O–H groups in total. The number of carbonyl (C=O) groups is 5. The summed E-state index contributed by atoms with van der Waals surface area (Å²) in [7, 11) is 0. The Morgan fingerprint density at radius 3 is 2.02 bits per heavy atom. The lowest BCUT2D eigenvalue weighted by Gasteiger charge is -2.25. The van der Waals surface area contributed by atoms with Gasteiger partial charge in [-0.15, -0.1) is 0 Å². The number of amides is 4. The number of alkyl carbamates (subject to hydrolysis) is 1. The van der Waals surface area contributed by atoms with Gasteiger partial charge in [0.05, 0.1) is 5.92 Å². The van der Waals surface area contributed by atoms with Gasteiger partial charge in [0, 0.05) is 31.0 Å². The summed E-state index contributed by atoms with van der Waals surface area (Å²) in [5, 5.41) is 23.0. The molecule has 3 aromatic rings. The number of nitrogens with zero attached hydrogens (tertiary/aromatic N) is 2. The van der Waals surface area contributed by atoms with Crippen molar-refractivity contribution >= 4 is 41.6 Å². The number of hydrogen-bond acceptors (Lipinski definition) is 9. The fourth-order valence-corrected chi connectivity index (χ4v) is 5.04. The number of halogens is 3. The van der Waals surface area contributed by atoms with E-state index in [-0.39, 0.29) is 50.8 Å². The van der Waals surface area contributed by atoms with E-state index in [0.717, 1.165) is 11.1 Å². The molecule has 0 radical (unpaired) electrons. The monoisotopic (exact) mass is 800 g/mol. The summed E-state index contributed by atoms with van der Waals surface area (Å²) >= 11 is 0. The Kier molecular flexibility index (Phi) is 19.5. The fourth-order valence-electron chi connectivity index (χ4n) is 5.04. The molecule has 57 heavy (non-hydrogen) atoms. The minimum Gasteiger partial charge on any atom is -0.475 e. The smallest absolute Gasteiger partial charge is 0.475 e. The first-order chi connectivity index (χ1) is 27.0. The second-order valence-electron chi connectivity index (χ2n) is 12.4. The quantitative estimate of drug-likeness (QED) is 0.0452. The molecule has 1 aromatic heterocycles. The van der Waals surface area contributed by atoms with Crippen LogP contribution in [0, 0.1) is 5.41 Å². The van der Waals surface area contributed by atoms with Crippen molar-refractivity contribution in [2.45, 2.75) is 69.3 Å². The molecule has 0 saturated carbocycles. The zero-order valence-electron chi connectivity index (χ0n) is 30.8. The summed E-state index contributed by atoms with van der Waals surface area (Å²) < 4.78 is 37.0. The van der Waals surface area contributed by atoms with E-state index >= 15 is 0 Å². The molecular formula is C37H47F3N10O7. The molecule has 0 aliphatic carbocycles. The largest absolute Gasteiger partial charge is 0.490 e. The van der Waals surface area contributed by atoms with E-state index in [2.05, 4.69) is 25.9 Å². The van der Waals surface area contributed by atoms with Gasteiger partial charge in [-0.2, -0.15) is 13.2 Å². The standard InChI is InChI=1S/C35H46N10O5.C2HF3O2/c36-30(37)25-15-13-23(14-16-25)20-27(26-10-6-17-41-21-26)32(47)45-29(33(48)44-28(31(38)46)12-7-19-42-34(39)40)11-4-5-18-43-35(49)50-22-24-8-2-1-3-9-24;3-2(4,5)1(6)7/h1-3,6,8-10,13-17,21,27-29H,4-5,7,11-12,18-20,22H2,(H3,36,37)(H2,38,46)(H,43,49)(H,44,48)(H,45,47)(H4,39,40,42);(H,6,7)/t27?,28-,29-;/m0./s1.